The van der Waals surface area contributed by atoms with Gasteiger partial charge in [-0.1, -0.05) is 22.9 Å². The molecule has 0 atom stereocenters. The van der Waals surface area contributed by atoms with E-state index in [0.29, 0.717) is 32.3 Å². The van der Waals surface area contributed by atoms with Gasteiger partial charge in [0.15, 0.2) is 5.13 Å². The summed E-state index contributed by atoms with van der Waals surface area (Å²) in [5.74, 6) is 1.17. The fourth-order valence-corrected chi connectivity index (χ4v) is 2.24. The van der Waals surface area contributed by atoms with E-state index in [9.17, 15) is 0 Å². The number of benzene rings is 1. The first kappa shape index (κ1) is 12.8. The fourth-order valence-electron chi connectivity index (χ4n) is 1.42. The normalized spacial score (nSPS) is 10.2. The van der Waals surface area contributed by atoms with Crippen molar-refractivity contribution in [1.82, 2.24) is 4.98 Å². The Bertz CT molecular complexity index is 559. The van der Waals surface area contributed by atoms with Gasteiger partial charge in [-0.25, -0.2) is 4.98 Å². The van der Waals surface area contributed by atoms with Crippen LogP contribution in [0.4, 0.5) is 15.8 Å². The first-order valence-electron chi connectivity index (χ1n) is 5.04. The molecule has 1 heterocycles. The van der Waals surface area contributed by atoms with Crippen LogP contribution in [0.1, 0.15) is 0 Å². The molecule has 0 aliphatic carbocycles. The minimum atomic E-state index is 0.485. The minimum absolute atomic E-state index is 0.485. The van der Waals surface area contributed by atoms with E-state index in [4.69, 9.17) is 26.8 Å². The van der Waals surface area contributed by atoms with Crippen molar-refractivity contribution in [3.8, 4) is 11.5 Å². The Kier molecular flexibility index (Phi) is 3.78. The fraction of sp³-hybridized carbons (Fsp3) is 0.182. The number of hydrogen-bond donors (Lipinski definition) is 2. The van der Waals surface area contributed by atoms with Crippen molar-refractivity contribution in [2.75, 3.05) is 25.3 Å². The van der Waals surface area contributed by atoms with Gasteiger partial charge in [0.25, 0.3) is 0 Å². The van der Waals surface area contributed by atoms with Crippen LogP contribution in [0.25, 0.3) is 0 Å². The van der Waals surface area contributed by atoms with Crippen LogP contribution in [0.3, 0.4) is 0 Å². The van der Waals surface area contributed by atoms with E-state index < -0.39 is 0 Å². The molecule has 0 radical (unpaired) electrons. The molecule has 2 rings (SSSR count). The van der Waals surface area contributed by atoms with E-state index in [1.165, 1.54) is 11.3 Å². The average Bonchev–Trinajstić information content (AvgIpc) is 2.76. The molecule has 18 heavy (non-hydrogen) atoms. The van der Waals surface area contributed by atoms with Gasteiger partial charge in [0.1, 0.15) is 16.5 Å². The molecule has 0 bridgehead atoms. The summed E-state index contributed by atoms with van der Waals surface area (Å²) in [6.45, 7) is 0. The lowest BCUT2D eigenvalue weighted by molar-refractivity contribution is 0.405. The summed E-state index contributed by atoms with van der Waals surface area (Å²) in [6, 6.07) is 3.43. The molecule has 0 amide bonds. The van der Waals surface area contributed by atoms with E-state index in [-0.39, 0.29) is 0 Å². The van der Waals surface area contributed by atoms with Crippen molar-refractivity contribution < 1.29 is 9.47 Å². The summed E-state index contributed by atoms with van der Waals surface area (Å²) in [6.07, 6.45) is 1.59. The quantitative estimate of drug-likeness (QED) is 0.903. The SMILES string of the molecule is COc1cc(Nc2ncc(N)s2)c(OC)cc1Cl. The summed E-state index contributed by atoms with van der Waals surface area (Å²) in [5.41, 5.74) is 6.34. The standard InChI is InChI=1S/C11H12ClN3O2S/c1-16-8-4-7(9(17-2)3-6(8)12)15-11-14-5-10(13)18-11/h3-5H,13H2,1-2H3,(H,14,15). The second-order valence-corrected chi connectivity index (χ2v) is 4.85. The van der Waals surface area contributed by atoms with Gasteiger partial charge in [0.05, 0.1) is 31.1 Å². The predicted octanol–water partition coefficient (Wildman–Crippen LogP) is 3.14. The van der Waals surface area contributed by atoms with Crippen LogP contribution in [0.2, 0.25) is 5.02 Å². The van der Waals surface area contributed by atoms with E-state index in [0.717, 1.165) is 0 Å². The van der Waals surface area contributed by atoms with Gasteiger partial charge in [-0.15, -0.1) is 0 Å². The molecule has 7 heteroatoms. The van der Waals surface area contributed by atoms with Crippen molar-refractivity contribution in [2.45, 2.75) is 0 Å². The Labute approximate surface area is 113 Å². The van der Waals surface area contributed by atoms with Crippen LogP contribution in [0.5, 0.6) is 11.5 Å². The Morgan fingerprint density at radius 1 is 1.28 bits per heavy atom. The maximum Gasteiger partial charge on any atom is 0.189 e. The van der Waals surface area contributed by atoms with Gasteiger partial charge in [0.2, 0.25) is 0 Å². The third-order valence-electron chi connectivity index (χ3n) is 2.24. The maximum atomic E-state index is 6.02. The van der Waals surface area contributed by atoms with Crippen LogP contribution in [0.15, 0.2) is 18.3 Å². The third kappa shape index (κ3) is 2.60. The lowest BCUT2D eigenvalue weighted by atomic mass is 10.2. The van der Waals surface area contributed by atoms with E-state index >= 15 is 0 Å². The largest absolute Gasteiger partial charge is 0.495 e. The number of nitrogens with one attached hydrogen (secondary N) is 1. The molecule has 0 aliphatic rings. The lowest BCUT2D eigenvalue weighted by Crippen LogP contribution is -1.96. The molecule has 5 nitrogen and oxygen atoms in total. The Hall–Kier alpha value is -1.66. The molecule has 0 fully saturated rings. The van der Waals surface area contributed by atoms with Crippen LogP contribution >= 0.6 is 22.9 Å². The number of rotatable bonds is 4. The second-order valence-electron chi connectivity index (χ2n) is 3.38. The predicted molar refractivity (Wildman–Crippen MR) is 74.4 cm³/mol. The zero-order chi connectivity index (χ0) is 13.1. The molecule has 0 unspecified atom stereocenters. The summed E-state index contributed by atoms with van der Waals surface area (Å²) in [4.78, 5) is 4.12. The third-order valence-corrected chi connectivity index (χ3v) is 3.28. The summed E-state index contributed by atoms with van der Waals surface area (Å²) in [7, 11) is 3.12. The molecular weight excluding hydrogens is 274 g/mol. The number of hydrogen-bond acceptors (Lipinski definition) is 6. The number of thiazole rings is 1. The number of nitrogens with two attached hydrogens (primary N) is 1. The maximum absolute atomic E-state index is 6.02. The molecule has 0 saturated heterocycles. The van der Waals surface area contributed by atoms with Crippen LogP contribution in [0, 0.1) is 0 Å². The zero-order valence-corrected chi connectivity index (χ0v) is 11.4. The van der Waals surface area contributed by atoms with Crippen molar-refractivity contribution >= 4 is 38.8 Å². The van der Waals surface area contributed by atoms with Gasteiger partial charge in [-0.3, -0.25) is 0 Å². The van der Waals surface area contributed by atoms with Gasteiger partial charge in [0, 0.05) is 12.1 Å². The van der Waals surface area contributed by atoms with E-state index in [2.05, 4.69) is 10.3 Å². The second kappa shape index (κ2) is 5.32. The smallest absolute Gasteiger partial charge is 0.189 e. The highest BCUT2D eigenvalue weighted by atomic mass is 35.5. The van der Waals surface area contributed by atoms with Crippen molar-refractivity contribution in [3.63, 3.8) is 0 Å². The molecule has 0 aliphatic heterocycles. The van der Waals surface area contributed by atoms with Gasteiger partial charge in [-0.05, 0) is 0 Å². The van der Waals surface area contributed by atoms with E-state index in [1.54, 1.807) is 32.5 Å². The van der Waals surface area contributed by atoms with Crippen molar-refractivity contribution in [3.05, 3.63) is 23.4 Å². The van der Waals surface area contributed by atoms with Crippen LogP contribution < -0.4 is 20.5 Å². The lowest BCUT2D eigenvalue weighted by Gasteiger charge is -2.12. The number of aromatic nitrogens is 1. The summed E-state index contributed by atoms with van der Waals surface area (Å²) in [5, 5.41) is 4.91. The minimum Gasteiger partial charge on any atom is -0.495 e. The molecule has 2 aromatic rings. The molecule has 1 aromatic heterocycles. The molecular formula is C11H12ClN3O2S. The Balaban J connectivity index is 2.36. The molecule has 96 valence electrons. The monoisotopic (exact) mass is 285 g/mol. The Morgan fingerprint density at radius 3 is 2.56 bits per heavy atom. The number of nitrogen functional groups attached to an aromatic ring is 1. The van der Waals surface area contributed by atoms with Gasteiger partial charge >= 0.3 is 0 Å². The summed E-state index contributed by atoms with van der Waals surface area (Å²) < 4.78 is 10.4. The summed E-state index contributed by atoms with van der Waals surface area (Å²) >= 11 is 7.37. The molecule has 1 aromatic carbocycles. The Morgan fingerprint density at radius 2 is 2.00 bits per heavy atom. The highest BCUT2D eigenvalue weighted by Gasteiger charge is 2.11. The highest BCUT2D eigenvalue weighted by molar-refractivity contribution is 7.19. The van der Waals surface area contributed by atoms with Gasteiger partial charge in [-0.2, -0.15) is 0 Å². The first-order valence-corrected chi connectivity index (χ1v) is 6.23. The molecule has 0 spiro atoms. The molecule has 3 N–H and O–H groups in total. The van der Waals surface area contributed by atoms with Crippen molar-refractivity contribution in [1.29, 1.82) is 0 Å². The average molecular weight is 286 g/mol. The zero-order valence-electron chi connectivity index (χ0n) is 9.86. The molecule has 0 saturated carbocycles. The van der Waals surface area contributed by atoms with Gasteiger partial charge < -0.3 is 20.5 Å². The highest BCUT2D eigenvalue weighted by Crippen LogP contribution is 2.38. The first-order chi connectivity index (χ1) is 8.63. The van der Waals surface area contributed by atoms with Crippen LogP contribution in [-0.4, -0.2) is 19.2 Å². The number of halogens is 1. The van der Waals surface area contributed by atoms with E-state index in [1.807, 2.05) is 0 Å². The number of nitrogens with zero attached hydrogens (tertiary/aromatic N) is 1. The topological polar surface area (TPSA) is 69.4 Å². The number of ether oxygens (including phenoxy) is 2. The van der Waals surface area contributed by atoms with Crippen molar-refractivity contribution in [2.24, 2.45) is 0 Å². The number of methoxy groups -OCH3 is 2. The number of anilines is 3. The van der Waals surface area contributed by atoms with Crippen LogP contribution in [-0.2, 0) is 0 Å².